The van der Waals surface area contributed by atoms with Gasteiger partial charge in [0, 0.05) is 0 Å². The van der Waals surface area contributed by atoms with Gasteiger partial charge in [-0.15, -0.1) is 0 Å². The average molecular weight is 232 g/mol. The Kier molecular flexibility index (Phi) is 3.74. The Morgan fingerprint density at radius 2 is 2.00 bits per heavy atom. The first kappa shape index (κ1) is 12.0. The zero-order chi connectivity index (χ0) is 11.5. The fourth-order valence-corrected chi connectivity index (χ4v) is 1.54. The van der Waals surface area contributed by atoms with Gasteiger partial charge in [0.25, 0.3) is 0 Å². The minimum absolute atomic E-state index is 0.0445. The van der Waals surface area contributed by atoms with Gasteiger partial charge in [0.1, 0.15) is 0 Å². The van der Waals surface area contributed by atoms with E-state index in [0.29, 0.717) is 5.75 Å². The lowest BCUT2D eigenvalue weighted by atomic mass is 10.1. The van der Waals surface area contributed by atoms with E-state index in [-0.39, 0.29) is 5.75 Å². The van der Waals surface area contributed by atoms with Gasteiger partial charge in [0.05, 0.1) is 7.11 Å². The van der Waals surface area contributed by atoms with Crippen LogP contribution in [0.1, 0.15) is 12.5 Å². The molecule has 0 radical (unpaired) electrons. The van der Waals surface area contributed by atoms with Crippen molar-refractivity contribution < 1.29 is 23.6 Å². The molecule has 0 aliphatic heterocycles. The Balaban J connectivity index is 3.03. The van der Waals surface area contributed by atoms with Crippen LogP contribution in [0.3, 0.4) is 0 Å². The Hall–Kier alpha value is -1.03. The summed E-state index contributed by atoms with van der Waals surface area (Å²) in [6.07, 6.45) is 0.812. The molecule has 0 unspecified atom stereocenters. The summed E-state index contributed by atoms with van der Waals surface area (Å²) in [6.45, 7) is 1.97. The summed E-state index contributed by atoms with van der Waals surface area (Å²) in [5.41, 5.74) is 1.00. The number of methoxy groups -OCH3 is 1. The summed E-state index contributed by atoms with van der Waals surface area (Å²) in [5, 5.41) is 0. The van der Waals surface area contributed by atoms with E-state index < -0.39 is 7.82 Å². The van der Waals surface area contributed by atoms with Gasteiger partial charge >= 0.3 is 7.82 Å². The number of aryl methyl sites for hydroxylation is 1. The van der Waals surface area contributed by atoms with E-state index in [9.17, 15) is 4.57 Å². The van der Waals surface area contributed by atoms with Crippen LogP contribution in [0.4, 0.5) is 0 Å². The molecule has 0 saturated carbocycles. The largest absolute Gasteiger partial charge is 0.524 e. The molecule has 0 atom stereocenters. The van der Waals surface area contributed by atoms with Crippen molar-refractivity contribution in [3.63, 3.8) is 0 Å². The number of hydrogen-bond acceptors (Lipinski definition) is 3. The molecule has 6 heteroatoms. The molecule has 0 fully saturated rings. The van der Waals surface area contributed by atoms with E-state index in [0.717, 1.165) is 12.0 Å². The maximum atomic E-state index is 10.6. The lowest BCUT2D eigenvalue weighted by molar-refractivity contribution is 0.276. The third kappa shape index (κ3) is 3.55. The lowest BCUT2D eigenvalue weighted by Gasteiger charge is -2.11. The summed E-state index contributed by atoms with van der Waals surface area (Å²) < 4.78 is 20.1. The smallest absolute Gasteiger partial charge is 0.493 e. The van der Waals surface area contributed by atoms with Gasteiger partial charge < -0.3 is 9.26 Å². The molecule has 0 spiro atoms. The third-order valence-electron chi connectivity index (χ3n) is 1.85. The van der Waals surface area contributed by atoms with Gasteiger partial charge in [-0.25, -0.2) is 4.57 Å². The molecule has 0 saturated heterocycles. The van der Waals surface area contributed by atoms with Gasteiger partial charge in [-0.3, -0.25) is 9.79 Å². The fraction of sp³-hybridized carbons (Fsp3) is 0.333. The fourth-order valence-electron chi connectivity index (χ4n) is 1.14. The molecule has 1 rings (SSSR count). The van der Waals surface area contributed by atoms with E-state index in [1.807, 2.05) is 6.92 Å². The second kappa shape index (κ2) is 4.66. The molecule has 15 heavy (non-hydrogen) atoms. The molecular weight excluding hydrogens is 219 g/mol. The van der Waals surface area contributed by atoms with E-state index in [4.69, 9.17) is 14.5 Å². The zero-order valence-corrected chi connectivity index (χ0v) is 9.40. The normalized spacial score (nSPS) is 11.2. The van der Waals surface area contributed by atoms with Crippen LogP contribution in [-0.2, 0) is 11.0 Å². The molecule has 2 N–H and O–H groups in total. The van der Waals surface area contributed by atoms with Crippen LogP contribution >= 0.6 is 7.82 Å². The van der Waals surface area contributed by atoms with Crippen molar-refractivity contribution in [3.8, 4) is 11.5 Å². The predicted molar refractivity (Wildman–Crippen MR) is 55.0 cm³/mol. The molecule has 1 aromatic carbocycles. The van der Waals surface area contributed by atoms with Crippen molar-refractivity contribution >= 4 is 7.82 Å². The standard InChI is InChI=1S/C9H13O5P/c1-3-7-4-5-8(9(6-7)13-2)14-15(10,11)12/h4-6H,3H2,1-2H3,(H2,10,11,12). The summed E-state index contributed by atoms with van der Waals surface area (Å²) in [6, 6.07) is 4.90. The second-order valence-electron chi connectivity index (χ2n) is 2.92. The van der Waals surface area contributed by atoms with Crippen LogP contribution in [0, 0.1) is 0 Å². The zero-order valence-electron chi connectivity index (χ0n) is 8.51. The lowest BCUT2D eigenvalue weighted by Crippen LogP contribution is -1.95. The van der Waals surface area contributed by atoms with Crippen molar-refractivity contribution in [2.45, 2.75) is 13.3 Å². The minimum atomic E-state index is -4.53. The topological polar surface area (TPSA) is 76.0 Å². The molecule has 84 valence electrons. The summed E-state index contributed by atoms with van der Waals surface area (Å²) >= 11 is 0. The summed E-state index contributed by atoms with van der Waals surface area (Å²) in [5.74, 6) is 0.362. The summed E-state index contributed by atoms with van der Waals surface area (Å²) in [7, 11) is -3.11. The molecular formula is C9H13O5P. The first-order chi connectivity index (χ1) is 6.96. The highest BCUT2D eigenvalue weighted by Gasteiger charge is 2.18. The maximum Gasteiger partial charge on any atom is 0.524 e. The number of rotatable bonds is 4. The number of ether oxygens (including phenoxy) is 1. The van der Waals surface area contributed by atoms with Gasteiger partial charge in [-0.1, -0.05) is 13.0 Å². The minimum Gasteiger partial charge on any atom is -0.493 e. The number of phosphoric ester groups is 1. The van der Waals surface area contributed by atoms with Crippen LogP contribution in [0.25, 0.3) is 0 Å². The van der Waals surface area contributed by atoms with E-state index in [1.54, 1.807) is 12.1 Å². The Morgan fingerprint density at radius 1 is 1.33 bits per heavy atom. The molecule has 1 aromatic rings. The van der Waals surface area contributed by atoms with Crippen LogP contribution in [0.15, 0.2) is 18.2 Å². The predicted octanol–water partition coefficient (Wildman–Crippen LogP) is 1.73. The van der Waals surface area contributed by atoms with Gasteiger partial charge in [0.2, 0.25) is 0 Å². The monoisotopic (exact) mass is 232 g/mol. The quantitative estimate of drug-likeness (QED) is 0.773. The van der Waals surface area contributed by atoms with Crippen LogP contribution in [0.5, 0.6) is 11.5 Å². The summed E-state index contributed by atoms with van der Waals surface area (Å²) in [4.78, 5) is 17.3. The SMILES string of the molecule is CCc1ccc(OP(=O)(O)O)c(OC)c1. The highest BCUT2D eigenvalue weighted by Crippen LogP contribution is 2.42. The average Bonchev–Trinajstić information content (AvgIpc) is 2.16. The van der Waals surface area contributed by atoms with Crippen LogP contribution < -0.4 is 9.26 Å². The van der Waals surface area contributed by atoms with E-state index >= 15 is 0 Å². The highest BCUT2D eigenvalue weighted by atomic mass is 31.2. The van der Waals surface area contributed by atoms with Crippen molar-refractivity contribution in [1.29, 1.82) is 0 Å². The molecule has 0 amide bonds. The van der Waals surface area contributed by atoms with Gasteiger partial charge in [0.15, 0.2) is 11.5 Å². The Bertz CT molecular complexity index is 384. The molecule has 5 nitrogen and oxygen atoms in total. The van der Waals surface area contributed by atoms with E-state index in [2.05, 4.69) is 4.52 Å². The Labute approximate surface area is 87.9 Å². The van der Waals surface area contributed by atoms with E-state index in [1.165, 1.54) is 13.2 Å². The number of benzene rings is 1. The molecule has 0 heterocycles. The van der Waals surface area contributed by atoms with Crippen LogP contribution in [-0.4, -0.2) is 16.9 Å². The third-order valence-corrected chi connectivity index (χ3v) is 2.29. The van der Waals surface area contributed by atoms with Crippen LogP contribution in [0.2, 0.25) is 0 Å². The number of phosphoric acid groups is 1. The van der Waals surface area contributed by atoms with Gasteiger partial charge in [-0.2, -0.15) is 0 Å². The van der Waals surface area contributed by atoms with Gasteiger partial charge in [-0.05, 0) is 24.1 Å². The first-order valence-corrected chi connectivity index (χ1v) is 5.91. The van der Waals surface area contributed by atoms with Crippen molar-refractivity contribution in [2.75, 3.05) is 7.11 Å². The van der Waals surface area contributed by atoms with Crippen molar-refractivity contribution in [3.05, 3.63) is 23.8 Å². The second-order valence-corrected chi connectivity index (χ2v) is 4.08. The molecule has 0 aliphatic carbocycles. The first-order valence-electron chi connectivity index (χ1n) is 4.38. The van der Waals surface area contributed by atoms with Crippen molar-refractivity contribution in [1.82, 2.24) is 0 Å². The highest BCUT2D eigenvalue weighted by molar-refractivity contribution is 7.46. The number of hydrogen-bond donors (Lipinski definition) is 2. The maximum absolute atomic E-state index is 10.6. The molecule has 0 bridgehead atoms. The molecule has 0 aromatic heterocycles. The molecule has 0 aliphatic rings. The van der Waals surface area contributed by atoms with Crippen molar-refractivity contribution in [2.24, 2.45) is 0 Å². The Morgan fingerprint density at radius 3 is 2.47 bits per heavy atom.